The highest BCUT2D eigenvalue weighted by atomic mass is 35.5. The van der Waals surface area contributed by atoms with Gasteiger partial charge in [0, 0.05) is 35.9 Å². The molecule has 0 radical (unpaired) electrons. The van der Waals surface area contributed by atoms with E-state index in [0.717, 1.165) is 10.8 Å². The lowest BCUT2D eigenvalue weighted by Crippen LogP contribution is -2.44. The maximum atomic E-state index is 13.2. The van der Waals surface area contributed by atoms with Crippen LogP contribution in [-0.2, 0) is 10.0 Å². The van der Waals surface area contributed by atoms with Crippen LogP contribution in [0.4, 0.5) is 10.5 Å². The Kier molecular flexibility index (Phi) is 6.80. The number of piperidine rings is 1. The summed E-state index contributed by atoms with van der Waals surface area (Å²) in [6.07, 6.45) is 1.85. The number of aromatic nitrogens is 1. The van der Waals surface area contributed by atoms with E-state index in [1.807, 2.05) is 36.4 Å². The number of amides is 1. The smallest absolute Gasteiger partial charge is 0.410 e. The summed E-state index contributed by atoms with van der Waals surface area (Å²) < 4.78 is 34.4. The first-order valence-corrected chi connectivity index (χ1v) is 13.5. The van der Waals surface area contributed by atoms with Crippen molar-refractivity contribution in [2.24, 2.45) is 0 Å². The van der Waals surface area contributed by atoms with Crippen LogP contribution in [0.5, 0.6) is 5.75 Å². The van der Waals surface area contributed by atoms with Crippen LogP contribution in [0.1, 0.15) is 12.8 Å². The molecule has 0 atom stereocenters. The molecule has 1 fully saturated rings. The Morgan fingerprint density at radius 2 is 1.69 bits per heavy atom. The molecule has 4 aromatic rings. The predicted molar refractivity (Wildman–Crippen MR) is 142 cm³/mol. The van der Waals surface area contributed by atoms with Gasteiger partial charge in [0.05, 0.1) is 16.0 Å². The number of hydrogen-bond donors (Lipinski definition) is 1. The average Bonchev–Trinajstić information content (AvgIpc) is 2.90. The van der Waals surface area contributed by atoms with Gasteiger partial charge in [-0.3, -0.25) is 9.71 Å². The largest absolute Gasteiger partial charge is 0.415 e. The highest BCUT2D eigenvalue weighted by molar-refractivity contribution is 7.93. The van der Waals surface area contributed by atoms with Crippen LogP contribution < -0.4 is 9.46 Å². The molecule has 9 heteroatoms. The zero-order chi connectivity index (χ0) is 25.1. The molecule has 3 aromatic carbocycles. The van der Waals surface area contributed by atoms with Crippen molar-refractivity contribution >= 4 is 44.2 Å². The number of nitrogens with zero attached hydrogens (tertiary/aromatic N) is 2. The Balaban J connectivity index is 1.29. The minimum absolute atomic E-state index is 0.295. The molecule has 2 heterocycles. The summed E-state index contributed by atoms with van der Waals surface area (Å²) in [6.45, 7) is 0.589. The Bertz CT molecular complexity index is 1500. The monoisotopic (exact) mass is 521 g/mol. The SMILES string of the molecule is O=C(Oc1ccccc1)N1CCC(S(=O)(=O)Nc2ccc(Cl)c(-c3nccc4ccccc34)c2)CC1. The molecule has 0 spiro atoms. The van der Waals surface area contributed by atoms with Crippen LogP contribution in [0.25, 0.3) is 22.0 Å². The zero-order valence-electron chi connectivity index (χ0n) is 19.3. The van der Waals surface area contributed by atoms with Gasteiger partial charge in [-0.25, -0.2) is 13.2 Å². The fraction of sp³-hybridized carbons (Fsp3) is 0.185. The second-order valence-electron chi connectivity index (χ2n) is 8.59. The quantitative estimate of drug-likeness (QED) is 0.350. The number of fused-ring (bicyclic) bond motifs is 1. The Morgan fingerprint density at radius 3 is 2.47 bits per heavy atom. The molecule has 1 aliphatic heterocycles. The average molecular weight is 522 g/mol. The first-order valence-electron chi connectivity index (χ1n) is 11.6. The summed E-state index contributed by atoms with van der Waals surface area (Å²) in [4.78, 5) is 18.5. The summed E-state index contributed by atoms with van der Waals surface area (Å²) in [6, 6.07) is 23.6. The number of benzene rings is 3. The number of para-hydroxylation sites is 1. The van der Waals surface area contributed by atoms with E-state index in [0.29, 0.717) is 53.6 Å². The Morgan fingerprint density at radius 1 is 0.972 bits per heavy atom. The summed E-state index contributed by atoms with van der Waals surface area (Å²) in [7, 11) is -3.69. The number of carbonyl (C=O) groups excluding carboxylic acids is 1. The van der Waals surface area contributed by atoms with Gasteiger partial charge in [0.1, 0.15) is 5.75 Å². The van der Waals surface area contributed by atoms with E-state index in [-0.39, 0.29) is 0 Å². The highest BCUT2D eigenvalue weighted by Crippen LogP contribution is 2.34. The van der Waals surface area contributed by atoms with Gasteiger partial charge in [-0.05, 0) is 54.6 Å². The van der Waals surface area contributed by atoms with Gasteiger partial charge in [-0.1, -0.05) is 54.1 Å². The first kappa shape index (κ1) is 24.1. The third kappa shape index (κ3) is 5.15. The van der Waals surface area contributed by atoms with Crippen LogP contribution in [-0.4, -0.2) is 42.7 Å². The van der Waals surface area contributed by atoms with Crippen molar-refractivity contribution in [3.63, 3.8) is 0 Å². The van der Waals surface area contributed by atoms with E-state index >= 15 is 0 Å². The lowest BCUT2D eigenvalue weighted by atomic mass is 10.0. The molecule has 36 heavy (non-hydrogen) atoms. The lowest BCUT2D eigenvalue weighted by Gasteiger charge is -2.31. The maximum Gasteiger partial charge on any atom is 0.415 e. The second-order valence-corrected chi connectivity index (χ2v) is 11.0. The van der Waals surface area contributed by atoms with Crippen LogP contribution in [0, 0.1) is 0 Å². The molecule has 0 aliphatic carbocycles. The van der Waals surface area contributed by atoms with E-state index in [1.165, 1.54) is 4.90 Å². The number of hydrogen-bond acceptors (Lipinski definition) is 5. The van der Waals surface area contributed by atoms with Gasteiger partial charge in [-0.2, -0.15) is 0 Å². The molecule has 5 rings (SSSR count). The predicted octanol–water partition coefficient (Wildman–Crippen LogP) is 5.96. The van der Waals surface area contributed by atoms with Crippen LogP contribution in [0.15, 0.2) is 85.1 Å². The Hall–Kier alpha value is -3.62. The van der Waals surface area contributed by atoms with Gasteiger partial charge in [0.15, 0.2) is 0 Å². The van der Waals surface area contributed by atoms with Crippen molar-refractivity contribution < 1.29 is 17.9 Å². The van der Waals surface area contributed by atoms with Crippen molar-refractivity contribution in [3.8, 4) is 17.0 Å². The third-order valence-corrected chi connectivity index (χ3v) is 8.44. The number of pyridine rings is 1. The fourth-order valence-corrected chi connectivity index (χ4v) is 6.02. The molecule has 0 saturated carbocycles. The summed E-state index contributed by atoms with van der Waals surface area (Å²) in [5, 5.41) is 1.79. The number of carbonyl (C=O) groups is 1. The second kappa shape index (κ2) is 10.2. The molecule has 1 aliphatic rings. The Labute approximate surface area is 214 Å². The van der Waals surface area contributed by atoms with Gasteiger partial charge >= 0.3 is 6.09 Å². The highest BCUT2D eigenvalue weighted by Gasteiger charge is 2.32. The minimum Gasteiger partial charge on any atom is -0.410 e. The molecule has 1 amide bonds. The molecule has 0 bridgehead atoms. The number of sulfonamides is 1. The zero-order valence-corrected chi connectivity index (χ0v) is 20.9. The summed E-state index contributed by atoms with van der Waals surface area (Å²) in [5.41, 5.74) is 1.74. The van der Waals surface area contributed by atoms with Crippen LogP contribution in [0.2, 0.25) is 5.02 Å². The number of ether oxygens (including phenoxy) is 1. The van der Waals surface area contributed by atoms with Gasteiger partial charge in [-0.15, -0.1) is 0 Å². The topological polar surface area (TPSA) is 88.6 Å². The normalized spacial score (nSPS) is 14.5. The van der Waals surface area contributed by atoms with E-state index in [1.54, 1.807) is 48.7 Å². The third-order valence-electron chi connectivity index (χ3n) is 6.24. The number of nitrogens with one attached hydrogen (secondary N) is 1. The lowest BCUT2D eigenvalue weighted by molar-refractivity contribution is 0.143. The maximum absolute atomic E-state index is 13.2. The van der Waals surface area contributed by atoms with E-state index in [4.69, 9.17) is 16.3 Å². The fourth-order valence-electron chi connectivity index (χ4n) is 4.35. The number of halogens is 1. The van der Waals surface area contributed by atoms with E-state index in [2.05, 4.69) is 9.71 Å². The number of rotatable bonds is 5. The summed E-state index contributed by atoms with van der Waals surface area (Å²) in [5.74, 6) is 0.457. The first-order chi connectivity index (χ1) is 17.4. The van der Waals surface area contributed by atoms with Crippen molar-refractivity contribution in [1.82, 2.24) is 9.88 Å². The number of anilines is 1. The summed E-state index contributed by atoms with van der Waals surface area (Å²) >= 11 is 6.49. The number of likely N-dealkylation sites (tertiary alicyclic amines) is 1. The molecule has 0 unspecified atom stereocenters. The van der Waals surface area contributed by atoms with Gasteiger partial charge in [0.25, 0.3) is 0 Å². The standard InChI is InChI=1S/C27H24ClN3O4S/c28-25-11-10-20(18-24(25)26-23-9-5-4-6-19(23)12-15-29-26)30-36(33,34)22-13-16-31(17-14-22)27(32)35-21-7-2-1-3-8-21/h1-12,15,18,22,30H,13-14,16-17H2. The van der Waals surface area contributed by atoms with E-state index < -0.39 is 21.4 Å². The molecular weight excluding hydrogens is 498 g/mol. The van der Waals surface area contributed by atoms with Crippen LogP contribution >= 0.6 is 11.6 Å². The van der Waals surface area contributed by atoms with Crippen molar-refractivity contribution in [2.75, 3.05) is 17.8 Å². The van der Waals surface area contributed by atoms with Gasteiger partial charge in [0.2, 0.25) is 10.0 Å². The molecule has 184 valence electrons. The van der Waals surface area contributed by atoms with E-state index in [9.17, 15) is 13.2 Å². The molecule has 1 N–H and O–H groups in total. The van der Waals surface area contributed by atoms with Crippen LogP contribution in [0.3, 0.4) is 0 Å². The van der Waals surface area contributed by atoms with Gasteiger partial charge < -0.3 is 9.64 Å². The molecular formula is C27H24ClN3O4S. The van der Waals surface area contributed by atoms with Crippen molar-refractivity contribution in [2.45, 2.75) is 18.1 Å². The molecule has 1 aromatic heterocycles. The molecule has 1 saturated heterocycles. The minimum atomic E-state index is -3.69. The molecule has 7 nitrogen and oxygen atoms in total. The van der Waals surface area contributed by atoms with Crippen molar-refractivity contribution in [3.05, 3.63) is 90.1 Å². The van der Waals surface area contributed by atoms with Crippen molar-refractivity contribution in [1.29, 1.82) is 0 Å².